The zero-order valence-corrected chi connectivity index (χ0v) is 11.4. The summed E-state index contributed by atoms with van der Waals surface area (Å²) in [5, 5.41) is 0. The number of hydrogen-bond acceptors (Lipinski definition) is 4. The quantitative estimate of drug-likeness (QED) is 0.454. The van der Waals surface area contributed by atoms with Crippen LogP contribution in [-0.2, 0) is 11.2 Å². The normalized spacial score (nSPS) is 10.4. The Morgan fingerprint density at radius 2 is 2.17 bits per heavy atom. The third-order valence-corrected chi connectivity index (χ3v) is 2.74. The molecule has 4 nitrogen and oxygen atoms in total. The van der Waals surface area contributed by atoms with E-state index in [1.54, 1.807) is 13.0 Å². The number of unbranched alkanes of at least 4 members (excludes halogenated alkanes) is 1. The van der Waals surface area contributed by atoms with Crippen molar-refractivity contribution in [2.24, 2.45) is 0 Å². The predicted molar refractivity (Wildman–Crippen MR) is 69.3 cm³/mol. The number of carbonyl (C=O) groups excluding carboxylic acids is 1. The van der Waals surface area contributed by atoms with E-state index in [4.69, 9.17) is 20.8 Å². The lowest BCUT2D eigenvalue weighted by atomic mass is 10.2. The Hall–Kier alpha value is -1.29. The maximum absolute atomic E-state index is 11.6. The van der Waals surface area contributed by atoms with Crippen molar-refractivity contribution < 1.29 is 13.9 Å². The van der Waals surface area contributed by atoms with Crippen LogP contribution in [0.2, 0.25) is 0 Å². The molecule has 0 atom stereocenters. The summed E-state index contributed by atoms with van der Waals surface area (Å²) in [4.78, 5) is 23.1. The molecule has 1 aromatic heterocycles. The molecule has 0 saturated carbocycles. The topological polar surface area (TPSA) is 56.5 Å². The molecular weight excluding hydrogens is 256 g/mol. The van der Waals surface area contributed by atoms with E-state index in [2.05, 4.69) is 0 Å². The molecule has 18 heavy (non-hydrogen) atoms. The van der Waals surface area contributed by atoms with Crippen LogP contribution < -0.4 is 10.4 Å². The SMILES string of the molecule is CCc1c(OC(=O)CCCCCl)cc(C)oc1=O. The molecule has 1 rings (SSSR count). The zero-order valence-electron chi connectivity index (χ0n) is 10.6. The molecule has 0 aliphatic carbocycles. The fraction of sp³-hybridized carbons (Fsp3) is 0.538. The van der Waals surface area contributed by atoms with Crippen molar-refractivity contribution in [3.8, 4) is 5.75 Å². The molecule has 0 fully saturated rings. The van der Waals surface area contributed by atoms with Gasteiger partial charge in [0.05, 0.1) is 5.56 Å². The van der Waals surface area contributed by atoms with Gasteiger partial charge in [0.15, 0.2) is 0 Å². The third kappa shape index (κ3) is 4.18. The third-order valence-electron chi connectivity index (χ3n) is 2.47. The number of carbonyl (C=O) groups is 1. The highest BCUT2D eigenvalue weighted by atomic mass is 35.5. The van der Waals surface area contributed by atoms with E-state index in [9.17, 15) is 9.59 Å². The van der Waals surface area contributed by atoms with Gasteiger partial charge < -0.3 is 9.15 Å². The number of alkyl halides is 1. The standard InChI is InChI=1S/C13H17ClO4/c1-3-10-11(8-9(2)17-13(10)16)18-12(15)6-4-5-7-14/h8H,3-7H2,1-2H3. The Morgan fingerprint density at radius 3 is 2.78 bits per heavy atom. The van der Waals surface area contributed by atoms with Crippen LogP contribution >= 0.6 is 11.6 Å². The van der Waals surface area contributed by atoms with Gasteiger partial charge in [-0.2, -0.15) is 0 Å². The number of esters is 1. The first-order valence-corrected chi connectivity index (χ1v) is 6.52. The van der Waals surface area contributed by atoms with Crippen LogP contribution in [0, 0.1) is 6.92 Å². The number of hydrogen-bond donors (Lipinski definition) is 0. The van der Waals surface area contributed by atoms with Gasteiger partial charge in [0.1, 0.15) is 11.5 Å². The lowest BCUT2D eigenvalue weighted by Crippen LogP contribution is -2.14. The molecular formula is C13H17ClO4. The van der Waals surface area contributed by atoms with Gasteiger partial charge in [0, 0.05) is 18.4 Å². The number of halogens is 1. The Morgan fingerprint density at radius 1 is 1.44 bits per heavy atom. The minimum atomic E-state index is -0.443. The molecule has 0 aromatic carbocycles. The number of rotatable bonds is 6. The summed E-state index contributed by atoms with van der Waals surface area (Å²) in [6.07, 6.45) is 2.22. The van der Waals surface area contributed by atoms with Gasteiger partial charge in [-0.3, -0.25) is 4.79 Å². The minimum Gasteiger partial charge on any atom is -0.428 e. The van der Waals surface area contributed by atoms with Crippen LogP contribution in [0.15, 0.2) is 15.3 Å². The van der Waals surface area contributed by atoms with Gasteiger partial charge in [-0.05, 0) is 26.2 Å². The lowest BCUT2D eigenvalue weighted by molar-refractivity contribution is -0.134. The second-order valence-electron chi connectivity index (χ2n) is 3.96. The van der Waals surface area contributed by atoms with Gasteiger partial charge in [0.25, 0.3) is 0 Å². The Bertz CT molecular complexity index is 465. The fourth-order valence-electron chi connectivity index (χ4n) is 1.56. The van der Waals surface area contributed by atoms with E-state index in [0.29, 0.717) is 42.2 Å². The monoisotopic (exact) mass is 272 g/mol. The highest BCUT2D eigenvalue weighted by Gasteiger charge is 2.13. The molecule has 0 N–H and O–H groups in total. The minimum absolute atomic E-state index is 0.301. The van der Waals surface area contributed by atoms with Gasteiger partial charge in [-0.25, -0.2) is 4.79 Å². The van der Waals surface area contributed by atoms with Crippen molar-refractivity contribution in [2.75, 3.05) is 5.88 Å². The largest absolute Gasteiger partial charge is 0.428 e. The number of aryl methyl sites for hydroxylation is 1. The van der Waals surface area contributed by atoms with Crippen LogP contribution in [0.4, 0.5) is 0 Å². The zero-order chi connectivity index (χ0) is 13.5. The van der Waals surface area contributed by atoms with Crippen LogP contribution in [0.5, 0.6) is 5.75 Å². The van der Waals surface area contributed by atoms with E-state index < -0.39 is 5.63 Å². The van der Waals surface area contributed by atoms with E-state index in [1.807, 2.05) is 6.92 Å². The second kappa shape index (κ2) is 7.21. The summed E-state index contributed by atoms with van der Waals surface area (Å²) in [5.41, 5.74) is -0.0487. The van der Waals surface area contributed by atoms with Crippen LogP contribution in [0.25, 0.3) is 0 Å². The molecule has 100 valence electrons. The average Bonchev–Trinajstić information content (AvgIpc) is 2.28. The first-order valence-electron chi connectivity index (χ1n) is 5.98. The fourth-order valence-corrected chi connectivity index (χ4v) is 1.75. The Balaban J connectivity index is 2.77. The summed E-state index contributed by atoms with van der Waals surface area (Å²) in [6.45, 7) is 3.46. The van der Waals surface area contributed by atoms with Gasteiger partial charge in [-0.15, -0.1) is 11.6 Å². The molecule has 0 radical (unpaired) electrons. The van der Waals surface area contributed by atoms with Crippen molar-refractivity contribution >= 4 is 17.6 Å². The van der Waals surface area contributed by atoms with Crippen molar-refractivity contribution in [3.63, 3.8) is 0 Å². The van der Waals surface area contributed by atoms with Gasteiger partial charge in [-0.1, -0.05) is 6.92 Å². The Kier molecular flexibility index (Phi) is 5.92. The first-order chi connectivity index (χ1) is 8.58. The Labute approximate surface area is 111 Å². The molecule has 0 aliphatic heterocycles. The maximum Gasteiger partial charge on any atom is 0.342 e. The molecule has 0 saturated heterocycles. The molecule has 1 heterocycles. The van der Waals surface area contributed by atoms with E-state index in [1.165, 1.54) is 0 Å². The van der Waals surface area contributed by atoms with Crippen molar-refractivity contribution in [1.29, 1.82) is 0 Å². The molecule has 0 aliphatic rings. The average molecular weight is 273 g/mol. The summed E-state index contributed by atoms with van der Waals surface area (Å²) < 4.78 is 10.2. The molecule has 5 heteroatoms. The smallest absolute Gasteiger partial charge is 0.342 e. The van der Waals surface area contributed by atoms with E-state index >= 15 is 0 Å². The van der Waals surface area contributed by atoms with Crippen molar-refractivity contribution in [1.82, 2.24) is 0 Å². The van der Waals surface area contributed by atoms with Gasteiger partial charge >= 0.3 is 11.6 Å². The highest BCUT2D eigenvalue weighted by molar-refractivity contribution is 6.17. The van der Waals surface area contributed by atoms with Crippen LogP contribution in [-0.4, -0.2) is 11.8 Å². The number of ether oxygens (including phenoxy) is 1. The summed E-state index contributed by atoms with van der Waals surface area (Å²) in [6, 6.07) is 1.57. The summed E-state index contributed by atoms with van der Waals surface area (Å²) >= 11 is 5.53. The first kappa shape index (κ1) is 14.8. The predicted octanol–water partition coefficient (Wildman–Crippen LogP) is 2.83. The summed E-state index contributed by atoms with van der Waals surface area (Å²) in [7, 11) is 0. The highest BCUT2D eigenvalue weighted by Crippen LogP contribution is 2.18. The molecule has 0 bridgehead atoms. The summed E-state index contributed by atoms with van der Waals surface area (Å²) in [5.74, 6) is 0.921. The van der Waals surface area contributed by atoms with Gasteiger partial charge in [0.2, 0.25) is 0 Å². The molecule has 0 spiro atoms. The molecule has 1 aromatic rings. The molecule has 0 amide bonds. The van der Waals surface area contributed by atoms with Crippen LogP contribution in [0.3, 0.4) is 0 Å². The second-order valence-corrected chi connectivity index (χ2v) is 4.34. The van der Waals surface area contributed by atoms with E-state index in [-0.39, 0.29) is 5.97 Å². The maximum atomic E-state index is 11.6. The lowest BCUT2D eigenvalue weighted by Gasteiger charge is -2.08. The van der Waals surface area contributed by atoms with E-state index in [0.717, 1.165) is 6.42 Å². The van der Waals surface area contributed by atoms with Crippen molar-refractivity contribution in [2.45, 2.75) is 39.5 Å². The van der Waals surface area contributed by atoms with Crippen LogP contribution in [0.1, 0.15) is 37.5 Å². The van der Waals surface area contributed by atoms with Crippen molar-refractivity contribution in [3.05, 3.63) is 27.8 Å². The molecule has 0 unspecified atom stereocenters.